The Morgan fingerprint density at radius 1 is 1.20 bits per heavy atom. The molecule has 1 saturated carbocycles. The van der Waals surface area contributed by atoms with Gasteiger partial charge in [0.1, 0.15) is 6.61 Å². The zero-order valence-corrected chi connectivity index (χ0v) is 13.5. The van der Waals surface area contributed by atoms with Gasteiger partial charge in [0.25, 0.3) is 0 Å². The Hall–Kier alpha value is -0.610. The topological polar surface area (TPSA) is 55.8 Å². The smallest absolute Gasteiger partial charge is 0.309 e. The van der Waals surface area contributed by atoms with Crippen LogP contribution in [0, 0.1) is 17.8 Å². The van der Waals surface area contributed by atoms with Crippen LogP contribution in [-0.2, 0) is 14.3 Å². The van der Waals surface area contributed by atoms with Gasteiger partial charge in [0.2, 0.25) is 0 Å². The maximum absolute atomic E-state index is 12.0. The van der Waals surface area contributed by atoms with E-state index >= 15 is 0 Å². The lowest BCUT2D eigenvalue weighted by Crippen LogP contribution is -2.33. The third kappa shape index (κ3) is 6.23. The minimum Gasteiger partial charge on any atom is -0.460 e. The van der Waals surface area contributed by atoms with Crippen LogP contribution >= 0.6 is 0 Å². The zero-order valence-electron chi connectivity index (χ0n) is 13.5. The molecule has 0 radical (unpaired) electrons. The predicted octanol–water partition coefficient (Wildman–Crippen LogP) is 3.13. The minimum absolute atomic E-state index is 0.00756. The van der Waals surface area contributed by atoms with Gasteiger partial charge in [-0.2, -0.15) is 0 Å². The van der Waals surface area contributed by atoms with Gasteiger partial charge >= 0.3 is 5.97 Å². The van der Waals surface area contributed by atoms with Crippen molar-refractivity contribution in [2.75, 3.05) is 6.61 Å². The highest BCUT2D eigenvalue weighted by Crippen LogP contribution is 2.33. The Kier molecular flexibility index (Phi) is 6.46. The van der Waals surface area contributed by atoms with Gasteiger partial charge in [0.05, 0.1) is 11.5 Å². The molecule has 4 heteroatoms. The van der Waals surface area contributed by atoms with Crippen molar-refractivity contribution in [2.24, 2.45) is 17.8 Å². The van der Waals surface area contributed by atoms with Gasteiger partial charge < -0.3 is 14.6 Å². The number of aliphatic hydroxyl groups is 1. The molecule has 0 spiro atoms. The molecule has 1 aliphatic rings. The summed E-state index contributed by atoms with van der Waals surface area (Å²) in [7, 11) is 0. The fraction of sp³-hybridized carbons (Fsp3) is 0.938. The third-order valence-electron chi connectivity index (χ3n) is 3.91. The van der Waals surface area contributed by atoms with Crippen LogP contribution in [0.5, 0.6) is 0 Å². The molecule has 0 aromatic rings. The first-order chi connectivity index (χ1) is 9.19. The highest BCUT2D eigenvalue weighted by atomic mass is 16.6. The lowest BCUT2D eigenvalue weighted by atomic mass is 9.77. The van der Waals surface area contributed by atoms with Gasteiger partial charge in [-0.3, -0.25) is 4.79 Å². The Morgan fingerprint density at radius 3 is 2.20 bits per heavy atom. The molecular formula is C16H30O4. The van der Waals surface area contributed by atoms with Crippen molar-refractivity contribution in [1.29, 1.82) is 0 Å². The molecule has 1 N–H and O–H groups in total. The first kappa shape index (κ1) is 17.4. The van der Waals surface area contributed by atoms with E-state index in [1.54, 1.807) is 0 Å². The SMILES string of the molecule is CC(C)C1CCC(C(=O)OCC(O)OC(C)(C)C)CC1. The molecule has 0 saturated heterocycles. The summed E-state index contributed by atoms with van der Waals surface area (Å²) in [5.41, 5.74) is -0.443. The highest BCUT2D eigenvalue weighted by Gasteiger charge is 2.29. The van der Waals surface area contributed by atoms with Crippen molar-refractivity contribution in [3.05, 3.63) is 0 Å². The second-order valence-corrected chi connectivity index (χ2v) is 7.17. The van der Waals surface area contributed by atoms with Gasteiger partial charge in [-0.15, -0.1) is 0 Å². The Morgan fingerprint density at radius 2 is 1.75 bits per heavy atom. The number of esters is 1. The number of carbonyl (C=O) groups is 1. The normalized spacial score (nSPS) is 25.6. The average molecular weight is 286 g/mol. The van der Waals surface area contributed by atoms with E-state index in [9.17, 15) is 9.90 Å². The molecule has 4 nitrogen and oxygen atoms in total. The standard InChI is InChI=1S/C16H30O4/c1-11(2)12-6-8-13(9-7-12)15(18)19-10-14(17)20-16(3,4)5/h11-14,17H,6-10H2,1-5H3. The first-order valence-electron chi connectivity index (χ1n) is 7.71. The van der Waals surface area contributed by atoms with Gasteiger partial charge in [0.15, 0.2) is 6.29 Å². The number of ether oxygens (including phenoxy) is 2. The molecule has 0 aromatic heterocycles. The number of hydrogen-bond donors (Lipinski definition) is 1. The van der Waals surface area contributed by atoms with Crippen LogP contribution in [0.2, 0.25) is 0 Å². The summed E-state index contributed by atoms with van der Waals surface area (Å²) in [6.07, 6.45) is 2.94. The molecule has 0 aromatic carbocycles. The fourth-order valence-corrected chi connectivity index (χ4v) is 2.73. The molecule has 1 aliphatic carbocycles. The van der Waals surface area contributed by atoms with Crippen LogP contribution in [0.1, 0.15) is 60.3 Å². The monoisotopic (exact) mass is 286 g/mol. The van der Waals surface area contributed by atoms with E-state index in [2.05, 4.69) is 13.8 Å². The van der Waals surface area contributed by atoms with E-state index in [-0.39, 0.29) is 18.5 Å². The van der Waals surface area contributed by atoms with Crippen molar-refractivity contribution < 1.29 is 19.4 Å². The number of hydrogen-bond acceptors (Lipinski definition) is 4. The lowest BCUT2D eigenvalue weighted by molar-refractivity contribution is -0.197. The van der Waals surface area contributed by atoms with E-state index in [4.69, 9.17) is 9.47 Å². The summed E-state index contributed by atoms with van der Waals surface area (Å²) in [5.74, 6) is 1.22. The van der Waals surface area contributed by atoms with Crippen LogP contribution < -0.4 is 0 Å². The Labute approximate surface area is 122 Å². The zero-order chi connectivity index (χ0) is 15.3. The van der Waals surface area contributed by atoms with Gasteiger partial charge in [-0.1, -0.05) is 13.8 Å². The predicted molar refractivity (Wildman–Crippen MR) is 78.1 cm³/mol. The third-order valence-corrected chi connectivity index (χ3v) is 3.91. The molecule has 1 unspecified atom stereocenters. The molecule has 0 amide bonds. The molecule has 1 atom stereocenters. The van der Waals surface area contributed by atoms with Crippen molar-refractivity contribution in [3.8, 4) is 0 Å². The maximum atomic E-state index is 12.0. The van der Waals surface area contributed by atoms with Crippen LogP contribution in [-0.4, -0.2) is 29.6 Å². The summed E-state index contributed by atoms with van der Waals surface area (Å²) in [4.78, 5) is 12.0. The average Bonchev–Trinajstić information content (AvgIpc) is 2.34. The number of carbonyl (C=O) groups excluding carboxylic acids is 1. The van der Waals surface area contributed by atoms with E-state index in [1.165, 1.54) is 0 Å². The largest absolute Gasteiger partial charge is 0.460 e. The number of aliphatic hydroxyl groups excluding tert-OH is 1. The molecule has 0 heterocycles. The van der Waals surface area contributed by atoms with E-state index in [1.807, 2.05) is 20.8 Å². The molecule has 118 valence electrons. The molecule has 1 fully saturated rings. The first-order valence-corrected chi connectivity index (χ1v) is 7.71. The minimum atomic E-state index is -1.05. The molecular weight excluding hydrogens is 256 g/mol. The Balaban J connectivity index is 2.27. The summed E-state index contributed by atoms with van der Waals surface area (Å²) in [5, 5.41) is 9.65. The van der Waals surface area contributed by atoms with Crippen LogP contribution in [0.4, 0.5) is 0 Å². The Bertz CT molecular complexity index is 298. The van der Waals surface area contributed by atoms with Gasteiger partial charge in [-0.25, -0.2) is 0 Å². The highest BCUT2D eigenvalue weighted by molar-refractivity contribution is 5.72. The molecule has 20 heavy (non-hydrogen) atoms. The van der Waals surface area contributed by atoms with E-state index in [0.717, 1.165) is 31.6 Å². The lowest BCUT2D eigenvalue weighted by Gasteiger charge is -2.30. The number of rotatable bonds is 5. The fourth-order valence-electron chi connectivity index (χ4n) is 2.73. The quantitative estimate of drug-likeness (QED) is 0.623. The second kappa shape index (κ2) is 7.41. The summed E-state index contributed by atoms with van der Waals surface area (Å²) >= 11 is 0. The molecule has 1 rings (SSSR count). The summed E-state index contributed by atoms with van der Waals surface area (Å²) in [6, 6.07) is 0. The van der Waals surface area contributed by atoms with Crippen molar-refractivity contribution in [3.63, 3.8) is 0 Å². The van der Waals surface area contributed by atoms with Crippen LogP contribution in [0.3, 0.4) is 0 Å². The maximum Gasteiger partial charge on any atom is 0.309 e. The van der Waals surface area contributed by atoms with Crippen LogP contribution in [0.15, 0.2) is 0 Å². The second-order valence-electron chi connectivity index (χ2n) is 7.17. The van der Waals surface area contributed by atoms with Crippen LogP contribution in [0.25, 0.3) is 0 Å². The molecule has 0 bridgehead atoms. The summed E-state index contributed by atoms with van der Waals surface area (Å²) in [6.45, 7) is 9.95. The molecule has 0 aliphatic heterocycles. The van der Waals surface area contributed by atoms with E-state index < -0.39 is 11.9 Å². The van der Waals surface area contributed by atoms with E-state index in [0.29, 0.717) is 5.92 Å². The van der Waals surface area contributed by atoms with Crippen molar-refractivity contribution in [1.82, 2.24) is 0 Å². The van der Waals surface area contributed by atoms with Crippen molar-refractivity contribution >= 4 is 5.97 Å². The van der Waals surface area contributed by atoms with Gasteiger partial charge in [-0.05, 0) is 58.3 Å². The van der Waals surface area contributed by atoms with Crippen molar-refractivity contribution in [2.45, 2.75) is 72.2 Å². The summed E-state index contributed by atoms with van der Waals surface area (Å²) < 4.78 is 10.5. The van der Waals surface area contributed by atoms with Gasteiger partial charge in [0, 0.05) is 0 Å².